The van der Waals surface area contributed by atoms with E-state index in [-0.39, 0.29) is 11.9 Å². The Labute approximate surface area is 121 Å². The molecule has 1 aromatic rings. The van der Waals surface area contributed by atoms with Crippen molar-refractivity contribution in [2.45, 2.75) is 46.1 Å². The summed E-state index contributed by atoms with van der Waals surface area (Å²) in [5.41, 5.74) is 2.01. The second-order valence-corrected chi connectivity index (χ2v) is 5.09. The van der Waals surface area contributed by atoms with Crippen LogP contribution in [0.15, 0.2) is 24.3 Å². The molecule has 0 aromatic heterocycles. The van der Waals surface area contributed by atoms with Crippen molar-refractivity contribution >= 4 is 17.5 Å². The number of benzene rings is 1. The minimum absolute atomic E-state index is 0.0944. The van der Waals surface area contributed by atoms with E-state index in [2.05, 4.69) is 20.8 Å². The molecule has 3 heteroatoms. The molecule has 0 N–H and O–H groups in total. The van der Waals surface area contributed by atoms with Crippen LogP contribution in [0, 0.1) is 0 Å². The second kappa shape index (κ2) is 8.21. The van der Waals surface area contributed by atoms with Crippen LogP contribution < -0.4 is 0 Å². The molecule has 0 unspecified atom stereocenters. The summed E-state index contributed by atoms with van der Waals surface area (Å²) >= 11 is 5.84. The van der Waals surface area contributed by atoms with Crippen LogP contribution in [0.1, 0.15) is 49.5 Å². The van der Waals surface area contributed by atoms with Gasteiger partial charge in [-0.15, -0.1) is 11.6 Å². The number of halogens is 1. The van der Waals surface area contributed by atoms with Gasteiger partial charge in [-0.1, -0.05) is 32.9 Å². The molecule has 0 fully saturated rings. The quantitative estimate of drug-likeness (QED) is 0.689. The van der Waals surface area contributed by atoms with Gasteiger partial charge in [0, 0.05) is 24.0 Å². The topological polar surface area (TPSA) is 20.3 Å². The SMILES string of the molecule is CCc1ccc(C(=O)N(CCCl)C(CC)CC)cc1. The predicted molar refractivity (Wildman–Crippen MR) is 81.9 cm³/mol. The first-order chi connectivity index (χ1) is 9.17. The Morgan fingerprint density at radius 2 is 1.74 bits per heavy atom. The smallest absolute Gasteiger partial charge is 0.254 e. The fourth-order valence-electron chi connectivity index (χ4n) is 2.32. The van der Waals surface area contributed by atoms with Crippen molar-refractivity contribution in [2.75, 3.05) is 12.4 Å². The van der Waals surface area contributed by atoms with Gasteiger partial charge in [0.1, 0.15) is 0 Å². The number of carbonyl (C=O) groups excluding carboxylic acids is 1. The van der Waals surface area contributed by atoms with Gasteiger partial charge in [0.2, 0.25) is 0 Å². The van der Waals surface area contributed by atoms with Gasteiger partial charge in [0.15, 0.2) is 0 Å². The molecule has 19 heavy (non-hydrogen) atoms. The van der Waals surface area contributed by atoms with Gasteiger partial charge >= 0.3 is 0 Å². The molecule has 0 aliphatic heterocycles. The highest BCUT2D eigenvalue weighted by Crippen LogP contribution is 2.15. The molecular weight excluding hydrogens is 258 g/mol. The lowest BCUT2D eigenvalue weighted by molar-refractivity contribution is 0.0681. The van der Waals surface area contributed by atoms with Crippen molar-refractivity contribution in [1.82, 2.24) is 4.90 Å². The number of hydrogen-bond donors (Lipinski definition) is 0. The second-order valence-electron chi connectivity index (χ2n) is 4.71. The van der Waals surface area contributed by atoms with Gasteiger partial charge < -0.3 is 4.90 Å². The van der Waals surface area contributed by atoms with E-state index in [1.54, 1.807) is 0 Å². The fourth-order valence-corrected chi connectivity index (χ4v) is 2.50. The maximum Gasteiger partial charge on any atom is 0.254 e. The summed E-state index contributed by atoms with van der Waals surface area (Å²) in [6.45, 7) is 6.95. The lowest BCUT2D eigenvalue weighted by Crippen LogP contribution is -2.41. The maximum absolute atomic E-state index is 12.6. The molecule has 106 valence electrons. The number of nitrogens with zero attached hydrogens (tertiary/aromatic N) is 1. The molecule has 0 heterocycles. The zero-order chi connectivity index (χ0) is 14.3. The van der Waals surface area contributed by atoms with Crippen molar-refractivity contribution in [2.24, 2.45) is 0 Å². The maximum atomic E-state index is 12.6. The van der Waals surface area contributed by atoms with Gasteiger partial charge in [-0.25, -0.2) is 0 Å². The number of carbonyl (C=O) groups is 1. The molecule has 1 aromatic carbocycles. The number of alkyl halides is 1. The summed E-state index contributed by atoms with van der Waals surface area (Å²) in [5, 5.41) is 0. The third-order valence-electron chi connectivity index (χ3n) is 3.58. The molecule has 2 nitrogen and oxygen atoms in total. The average Bonchev–Trinajstić information content (AvgIpc) is 2.47. The molecule has 0 atom stereocenters. The lowest BCUT2D eigenvalue weighted by atomic mass is 10.1. The minimum atomic E-state index is 0.0944. The first-order valence-corrected chi connectivity index (χ1v) is 7.67. The van der Waals surface area contributed by atoms with Crippen LogP contribution in [-0.4, -0.2) is 29.3 Å². The Bertz CT molecular complexity index is 384. The van der Waals surface area contributed by atoms with Crippen molar-refractivity contribution in [3.63, 3.8) is 0 Å². The van der Waals surface area contributed by atoms with E-state index in [0.29, 0.717) is 12.4 Å². The molecule has 0 spiro atoms. The Hall–Kier alpha value is -1.02. The summed E-state index contributed by atoms with van der Waals surface area (Å²) in [7, 11) is 0. The standard InChI is InChI=1S/C16H24ClNO/c1-4-13-7-9-14(10-8-13)16(19)18(12-11-17)15(5-2)6-3/h7-10,15H,4-6,11-12H2,1-3H3. The van der Waals surface area contributed by atoms with E-state index in [9.17, 15) is 4.79 Å². The summed E-state index contributed by atoms with van der Waals surface area (Å²) in [6, 6.07) is 8.17. The third kappa shape index (κ3) is 4.24. The largest absolute Gasteiger partial charge is 0.334 e. The summed E-state index contributed by atoms with van der Waals surface area (Å²) in [5.74, 6) is 0.576. The zero-order valence-electron chi connectivity index (χ0n) is 12.2. The summed E-state index contributed by atoms with van der Waals surface area (Å²) in [4.78, 5) is 14.5. The summed E-state index contributed by atoms with van der Waals surface area (Å²) < 4.78 is 0. The van der Waals surface area contributed by atoms with Crippen LogP contribution in [-0.2, 0) is 6.42 Å². The van der Waals surface area contributed by atoms with E-state index in [0.717, 1.165) is 24.8 Å². The van der Waals surface area contributed by atoms with Gasteiger partial charge in [-0.2, -0.15) is 0 Å². The van der Waals surface area contributed by atoms with Crippen LogP contribution in [0.4, 0.5) is 0 Å². The van der Waals surface area contributed by atoms with Gasteiger partial charge in [0.05, 0.1) is 0 Å². The lowest BCUT2D eigenvalue weighted by Gasteiger charge is -2.30. The van der Waals surface area contributed by atoms with E-state index in [1.807, 2.05) is 29.2 Å². The fraction of sp³-hybridized carbons (Fsp3) is 0.562. The molecular formula is C16H24ClNO. The molecule has 0 saturated heterocycles. The van der Waals surface area contributed by atoms with Crippen molar-refractivity contribution < 1.29 is 4.79 Å². The van der Waals surface area contributed by atoms with Crippen molar-refractivity contribution in [3.8, 4) is 0 Å². The number of aryl methyl sites for hydroxylation is 1. The third-order valence-corrected chi connectivity index (χ3v) is 3.75. The number of hydrogen-bond acceptors (Lipinski definition) is 1. The van der Waals surface area contributed by atoms with Crippen molar-refractivity contribution in [1.29, 1.82) is 0 Å². The Morgan fingerprint density at radius 3 is 2.16 bits per heavy atom. The van der Waals surface area contributed by atoms with Gasteiger partial charge in [-0.3, -0.25) is 4.79 Å². The number of rotatable bonds is 7. The Kier molecular flexibility index (Phi) is 6.93. The van der Waals surface area contributed by atoms with Crippen LogP contribution in [0.2, 0.25) is 0 Å². The average molecular weight is 282 g/mol. The molecule has 0 aliphatic carbocycles. The molecule has 0 radical (unpaired) electrons. The number of amides is 1. The predicted octanol–water partition coefficient (Wildman–Crippen LogP) is 4.12. The molecule has 1 amide bonds. The molecule has 0 aliphatic rings. The van der Waals surface area contributed by atoms with Gasteiger partial charge in [0.25, 0.3) is 5.91 Å². The van der Waals surface area contributed by atoms with Crippen LogP contribution in [0.3, 0.4) is 0 Å². The monoisotopic (exact) mass is 281 g/mol. The van der Waals surface area contributed by atoms with Gasteiger partial charge in [-0.05, 0) is 37.0 Å². The van der Waals surface area contributed by atoms with E-state index in [1.165, 1.54) is 5.56 Å². The first kappa shape index (κ1) is 16.0. The highest BCUT2D eigenvalue weighted by atomic mass is 35.5. The first-order valence-electron chi connectivity index (χ1n) is 7.13. The highest BCUT2D eigenvalue weighted by molar-refractivity contribution is 6.18. The highest BCUT2D eigenvalue weighted by Gasteiger charge is 2.21. The normalized spacial score (nSPS) is 10.8. The van der Waals surface area contributed by atoms with E-state index < -0.39 is 0 Å². The molecule has 0 bridgehead atoms. The Balaban J connectivity index is 2.91. The Morgan fingerprint density at radius 1 is 1.16 bits per heavy atom. The minimum Gasteiger partial charge on any atom is -0.334 e. The van der Waals surface area contributed by atoms with E-state index >= 15 is 0 Å². The van der Waals surface area contributed by atoms with Crippen LogP contribution in [0.25, 0.3) is 0 Å². The summed E-state index contributed by atoms with van der Waals surface area (Å²) in [6.07, 6.45) is 2.92. The van der Waals surface area contributed by atoms with E-state index in [4.69, 9.17) is 11.6 Å². The van der Waals surface area contributed by atoms with Crippen LogP contribution in [0.5, 0.6) is 0 Å². The van der Waals surface area contributed by atoms with Crippen LogP contribution >= 0.6 is 11.6 Å². The van der Waals surface area contributed by atoms with Crippen molar-refractivity contribution in [3.05, 3.63) is 35.4 Å². The molecule has 0 saturated carbocycles. The zero-order valence-corrected chi connectivity index (χ0v) is 12.9. The molecule has 1 rings (SSSR count).